The van der Waals surface area contributed by atoms with Gasteiger partial charge in [-0.2, -0.15) is 0 Å². The number of hydrogen-bond acceptors (Lipinski definition) is 2. The molecule has 0 aliphatic rings. The molecule has 0 bridgehead atoms. The van der Waals surface area contributed by atoms with E-state index in [-0.39, 0.29) is 0 Å². The maximum atomic E-state index is 6.22. The molecule has 2 N–H and O–H groups in total. The fourth-order valence-electron chi connectivity index (χ4n) is 4.61. The number of rotatable bonds is 6. The molecule has 5 rings (SSSR count). The molecule has 1 aromatic heterocycles. The molecule has 0 aliphatic heterocycles. The van der Waals surface area contributed by atoms with Crippen molar-refractivity contribution in [3.63, 3.8) is 0 Å². The van der Waals surface area contributed by atoms with Crippen LogP contribution in [0.15, 0.2) is 122 Å². The summed E-state index contributed by atoms with van der Waals surface area (Å²) in [5.74, 6) is 0. The van der Waals surface area contributed by atoms with E-state index < -0.39 is 5.54 Å². The highest BCUT2D eigenvalue weighted by Crippen LogP contribution is 2.41. The van der Waals surface area contributed by atoms with Gasteiger partial charge in [0.15, 0.2) is 0 Å². The van der Waals surface area contributed by atoms with Gasteiger partial charge in [-0.05, 0) is 34.4 Å². The van der Waals surface area contributed by atoms with E-state index in [0.717, 1.165) is 33.5 Å². The van der Waals surface area contributed by atoms with Gasteiger partial charge < -0.3 is 10.3 Å². The maximum absolute atomic E-state index is 6.22. The van der Waals surface area contributed by atoms with Gasteiger partial charge >= 0.3 is 0 Å². The van der Waals surface area contributed by atoms with Gasteiger partial charge in [-0.3, -0.25) is 0 Å². The van der Waals surface area contributed by atoms with Crippen LogP contribution in [-0.4, -0.2) is 9.55 Å². The molecule has 0 amide bonds. The van der Waals surface area contributed by atoms with E-state index in [1.165, 1.54) is 0 Å². The van der Waals surface area contributed by atoms with Crippen LogP contribution in [-0.2, 0) is 12.1 Å². The van der Waals surface area contributed by atoms with Gasteiger partial charge in [0.05, 0.1) is 12.0 Å². The highest BCUT2D eigenvalue weighted by molar-refractivity contribution is 6.30. The molecular formula is C29H24ClN3. The second-order valence-corrected chi connectivity index (χ2v) is 8.42. The summed E-state index contributed by atoms with van der Waals surface area (Å²) in [6, 6.07) is 37.5. The highest BCUT2D eigenvalue weighted by Gasteiger charge is 2.38. The van der Waals surface area contributed by atoms with Crippen molar-refractivity contribution in [2.75, 3.05) is 0 Å². The minimum atomic E-state index is -0.593. The fraction of sp³-hybridized carbons (Fsp3) is 0.0690. The number of nitrogens with zero attached hydrogens (tertiary/aromatic N) is 2. The molecule has 33 heavy (non-hydrogen) atoms. The summed E-state index contributed by atoms with van der Waals surface area (Å²) < 4.78 is 2.21. The van der Waals surface area contributed by atoms with Crippen molar-refractivity contribution in [1.29, 1.82) is 0 Å². The standard InChI is InChI=1S/C29H24ClN3/c30-26-16-17-27(22(18-26)19-31)28-20-33(21-32-28)29(23-10-4-1-5-11-23,24-12-6-2-7-13-24)25-14-8-3-9-15-25/h1-18,20-21H,19,31H2. The Bertz CT molecular complexity index is 1250. The lowest BCUT2D eigenvalue weighted by Gasteiger charge is -2.37. The largest absolute Gasteiger partial charge is 0.326 e. The zero-order valence-electron chi connectivity index (χ0n) is 18.1. The maximum Gasteiger partial charge on any atom is 0.121 e. The third kappa shape index (κ3) is 3.76. The first-order valence-corrected chi connectivity index (χ1v) is 11.3. The van der Waals surface area contributed by atoms with Crippen LogP contribution in [0.1, 0.15) is 22.3 Å². The average molecular weight is 450 g/mol. The van der Waals surface area contributed by atoms with Crippen molar-refractivity contribution in [1.82, 2.24) is 9.55 Å². The molecule has 0 saturated carbocycles. The molecule has 0 saturated heterocycles. The van der Waals surface area contributed by atoms with Gasteiger partial charge in [0.25, 0.3) is 0 Å². The van der Waals surface area contributed by atoms with Crippen LogP contribution in [0.2, 0.25) is 5.02 Å². The van der Waals surface area contributed by atoms with Gasteiger partial charge in [0.2, 0.25) is 0 Å². The zero-order chi connectivity index (χ0) is 22.7. The summed E-state index contributed by atoms with van der Waals surface area (Å²) in [5.41, 5.74) is 11.7. The predicted octanol–water partition coefficient (Wildman–Crippen LogP) is 6.50. The third-order valence-electron chi connectivity index (χ3n) is 6.11. The molecule has 0 aliphatic carbocycles. The second kappa shape index (κ2) is 9.07. The number of hydrogen-bond donors (Lipinski definition) is 1. The average Bonchev–Trinajstić information content (AvgIpc) is 3.36. The minimum Gasteiger partial charge on any atom is -0.326 e. The van der Waals surface area contributed by atoms with E-state index in [9.17, 15) is 0 Å². The zero-order valence-corrected chi connectivity index (χ0v) is 18.9. The van der Waals surface area contributed by atoms with Gasteiger partial charge in [-0.25, -0.2) is 4.98 Å². The van der Waals surface area contributed by atoms with Crippen molar-refractivity contribution in [3.8, 4) is 11.3 Å². The van der Waals surface area contributed by atoms with Crippen molar-refractivity contribution in [2.24, 2.45) is 5.73 Å². The topological polar surface area (TPSA) is 43.8 Å². The van der Waals surface area contributed by atoms with Crippen LogP contribution < -0.4 is 5.73 Å². The number of halogens is 1. The third-order valence-corrected chi connectivity index (χ3v) is 6.34. The van der Waals surface area contributed by atoms with Gasteiger partial charge in [-0.1, -0.05) is 109 Å². The molecule has 0 radical (unpaired) electrons. The van der Waals surface area contributed by atoms with E-state index >= 15 is 0 Å². The molecule has 0 fully saturated rings. The fourth-order valence-corrected chi connectivity index (χ4v) is 4.81. The summed E-state index contributed by atoms with van der Waals surface area (Å²) in [4.78, 5) is 4.83. The SMILES string of the molecule is NCc1cc(Cl)ccc1-c1cn(C(c2ccccc2)(c2ccccc2)c2ccccc2)cn1. The molecular weight excluding hydrogens is 426 g/mol. The molecule has 0 spiro atoms. The van der Waals surface area contributed by atoms with Crippen LogP contribution in [0, 0.1) is 0 Å². The van der Waals surface area contributed by atoms with Crippen LogP contribution in [0.25, 0.3) is 11.3 Å². The number of aromatic nitrogens is 2. The summed E-state index contributed by atoms with van der Waals surface area (Å²) in [6.45, 7) is 0.393. The molecule has 1 heterocycles. The predicted molar refractivity (Wildman–Crippen MR) is 135 cm³/mol. The summed E-state index contributed by atoms with van der Waals surface area (Å²) in [6.07, 6.45) is 4.02. The van der Waals surface area contributed by atoms with Gasteiger partial charge in [0.1, 0.15) is 5.54 Å². The van der Waals surface area contributed by atoms with E-state index in [4.69, 9.17) is 22.3 Å². The number of benzene rings is 4. The smallest absolute Gasteiger partial charge is 0.121 e. The Hall–Kier alpha value is -3.66. The lowest BCUT2D eigenvalue weighted by Crippen LogP contribution is -2.36. The first-order valence-electron chi connectivity index (χ1n) is 10.9. The van der Waals surface area contributed by atoms with Crippen LogP contribution in [0.3, 0.4) is 0 Å². The summed E-state index contributed by atoms with van der Waals surface area (Å²) in [5, 5.41) is 0.672. The summed E-state index contributed by atoms with van der Waals surface area (Å²) >= 11 is 6.22. The van der Waals surface area contributed by atoms with E-state index in [2.05, 4.69) is 83.6 Å². The van der Waals surface area contributed by atoms with Crippen molar-refractivity contribution < 1.29 is 0 Å². The Morgan fingerprint density at radius 2 is 1.24 bits per heavy atom. The van der Waals surface area contributed by atoms with E-state index in [0.29, 0.717) is 11.6 Å². The van der Waals surface area contributed by atoms with Gasteiger partial charge in [0, 0.05) is 23.3 Å². The highest BCUT2D eigenvalue weighted by atomic mass is 35.5. The molecule has 4 aromatic carbocycles. The number of nitrogens with two attached hydrogens (primary N) is 1. The molecule has 0 unspecified atom stereocenters. The molecule has 0 atom stereocenters. The van der Waals surface area contributed by atoms with Crippen molar-refractivity contribution in [2.45, 2.75) is 12.1 Å². The Morgan fingerprint density at radius 1 is 0.727 bits per heavy atom. The Balaban J connectivity index is 1.80. The first-order chi connectivity index (χ1) is 16.2. The summed E-state index contributed by atoms with van der Waals surface area (Å²) in [7, 11) is 0. The molecule has 162 valence electrons. The Labute approximate surface area is 199 Å². The second-order valence-electron chi connectivity index (χ2n) is 7.98. The number of imidazole rings is 1. The molecule has 5 aromatic rings. The van der Waals surface area contributed by atoms with Crippen LogP contribution >= 0.6 is 11.6 Å². The van der Waals surface area contributed by atoms with Crippen LogP contribution in [0.5, 0.6) is 0 Å². The van der Waals surface area contributed by atoms with Crippen molar-refractivity contribution in [3.05, 3.63) is 149 Å². The Morgan fingerprint density at radius 3 is 1.73 bits per heavy atom. The van der Waals surface area contributed by atoms with Gasteiger partial charge in [-0.15, -0.1) is 0 Å². The minimum absolute atomic E-state index is 0.393. The van der Waals surface area contributed by atoms with E-state index in [1.807, 2.05) is 42.7 Å². The normalized spacial score (nSPS) is 11.5. The first kappa shape index (κ1) is 21.2. The van der Waals surface area contributed by atoms with Crippen LogP contribution in [0.4, 0.5) is 0 Å². The quantitative estimate of drug-likeness (QED) is 0.300. The lowest BCUT2D eigenvalue weighted by molar-refractivity contribution is 0.515. The van der Waals surface area contributed by atoms with E-state index in [1.54, 1.807) is 0 Å². The molecule has 3 nitrogen and oxygen atoms in total. The monoisotopic (exact) mass is 449 g/mol. The Kier molecular flexibility index (Phi) is 5.82. The lowest BCUT2D eigenvalue weighted by atomic mass is 9.77. The molecule has 4 heteroatoms. The van der Waals surface area contributed by atoms with Crippen molar-refractivity contribution >= 4 is 11.6 Å².